The first kappa shape index (κ1) is 14.0. The second-order valence-electron chi connectivity index (χ2n) is 4.37. The molecule has 3 N–H and O–H groups in total. The minimum Gasteiger partial charge on any atom is -0.493 e. The van der Waals surface area contributed by atoms with Gasteiger partial charge in [-0.2, -0.15) is 0 Å². The van der Waals surface area contributed by atoms with Crippen LogP contribution in [0.4, 0.5) is 5.69 Å². The summed E-state index contributed by atoms with van der Waals surface area (Å²) in [7, 11) is 2.98. The van der Waals surface area contributed by atoms with E-state index < -0.39 is 0 Å². The first-order chi connectivity index (χ1) is 9.56. The largest absolute Gasteiger partial charge is 0.493 e. The summed E-state index contributed by atoms with van der Waals surface area (Å²) in [6, 6.07) is 3.07. The molecule has 0 saturated carbocycles. The molecular weight excluding hydrogens is 262 g/mol. The van der Waals surface area contributed by atoms with Crippen LogP contribution in [0, 0.1) is 0 Å². The fraction of sp³-hybridized carbons (Fsp3) is 0.385. The molecule has 0 atom stereocenters. The van der Waals surface area contributed by atoms with Gasteiger partial charge in [-0.25, -0.2) is 0 Å². The van der Waals surface area contributed by atoms with Crippen LogP contribution in [0.2, 0.25) is 0 Å². The lowest BCUT2D eigenvalue weighted by Crippen LogP contribution is -2.50. The molecule has 20 heavy (non-hydrogen) atoms. The van der Waals surface area contributed by atoms with E-state index in [0.717, 1.165) is 0 Å². The third-order valence-electron chi connectivity index (χ3n) is 3.11. The first-order valence-electron chi connectivity index (χ1n) is 6.14. The average molecular weight is 279 g/mol. The first-order valence-corrected chi connectivity index (χ1v) is 6.14. The number of nitrogen functional groups attached to an aromatic ring is 1. The molecule has 7 nitrogen and oxygen atoms in total. The number of nitrogens with one attached hydrogen (secondary N) is 1. The maximum atomic E-state index is 12.4. The zero-order valence-electron chi connectivity index (χ0n) is 11.4. The number of benzene rings is 1. The van der Waals surface area contributed by atoms with Gasteiger partial charge < -0.3 is 25.4 Å². The summed E-state index contributed by atoms with van der Waals surface area (Å²) in [5.74, 6) is 0.409. The van der Waals surface area contributed by atoms with Crippen LogP contribution >= 0.6 is 0 Å². The molecule has 7 heteroatoms. The molecule has 0 aliphatic carbocycles. The Labute approximate surface area is 116 Å². The second-order valence-corrected chi connectivity index (χ2v) is 4.37. The quantitative estimate of drug-likeness (QED) is 0.751. The maximum absolute atomic E-state index is 12.4. The second kappa shape index (κ2) is 5.68. The van der Waals surface area contributed by atoms with Crippen molar-refractivity contribution < 1.29 is 19.1 Å². The standard InChI is InChI=1S/C13H17N3O4/c1-19-10-5-8(9(14)6-11(10)20-2)13(18)16-4-3-15-12(17)7-16/h5-6H,3-4,7,14H2,1-2H3,(H,15,17). The molecule has 1 fully saturated rings. The molecule has 2 amide bonds. The highest BCUT2D eigenvalue weighted by Gasteiger charge is 2.25. The Balaban J connectivity index is 2.31. The van der Waals surface area contributed by atoms with Crippen LogP contribution in [-0.4, -0.2) is 50.6 Å². The van der Waals surface area contributed by atoms with Crippen LogP contribution in [-0.2, 0) is 4.79 Å². The normalized spacial score (nSPS) is 14.7. The number of piperazine rings is 1. The highest BCUT2D eigenvalue weighted by atomic mass is 16.5. The number of ether oxygens (including phenoxy) is 2. The van der Waals surface area contributed by atoms with E-state index in [1.54, 1.807) is 0 Å². The van der Waals surface area contributed by atoms with Crippen molar-refractivity contribution in [3.63, 3.8) is 0 Å². The van der Waals surface area contributed by atoms with E-state index in [9.17, 15) is 9.59 Å². The molecule has 0 aromatic heterocycles. The monoisotopic (exact) mass is 279 g/mol. The smallest absolute Gasteiger partial charge is 0.256 e. The van der Waals surface area contributed by atoms with Crippen molar-refractivity contribution in [2.24, 2.45) is 0 Å². The third-order valence-corrected chi connectivity index (χ3v) is 3.11. The molecule has 1 aliphatic rings. The Morgan fingerprint density at radius 3 is 2.55 bits per heavy atom. The highest BCUT2D eigenvalue weighted by Crippen LogP contribution is 2.32. The average Bonchev–Trinajstić information content (AvgIpc) is 2.46. The van der Waals surface area contributed by atoms with Crippen molar-refractivity contribution in [2.75, 3.05) is 39.6 Å². The van der Waals surface area contributed by atoms with Crippen molar-refractivity contribution in [3.8, 4) is 11.5 Å². The number of carbonyl (C=O) groups excluding carboxylic acids is 2. The Kier molecular flexibility index (Phi) is 3.97. The van der Waals surface area contributed by atoms with Gasteiger partial charge >= 0.3 is 0 Å². The molecule has 1 aromatic carbocycles. The van der Waals surface area contributed by atoms with E-state index in [1.165, 1.54) is 31.3 Å². The number of carbonyl (C=O) groups is 2. The van der Waals surface area contributed by atoms with Gasteiger partial charge in [0.25, 0.3) is 5.91 Å². The maximum Gasteiger partial charge on any atom is 0.256 e. The molecule has 2 rings (SSSR count). The molecule has 0 radical (unpaired) electrons. The fourth-order valence-corrected chi connectivity index (χ4v) is 2.06. The molecule has 1 saturated heterocycles. The number of hydrogen-bond donors (Lipinski definition) is 2. The van der Waals surface area contributed by atoms with Crippen LogP contribution in [0.25, 0.3) is 0 Å². The zero-order chi connectivity index (χ0) is 14.7. The lowest BCUT2D eigenvalue weighted by molar-refractivity contribution is -0.123. The van der Waals surface area contributed by atoms with E-state index in [2.05, 4.69) is 5.32 Å². The van der Waals surface area contributed by atoms with Gasteiger partial charge in [0.05, 0.1) is 26.3 Å². The van der Waals surface area contributed by atoms with Gasteiger partial charge in [-0.3, -0.25) is 9.59 Å². The Morgan fingerprint density at radius 2 is 1.95 bits per heavy atom. The highest BCUT2D eigenvalue weighted by molar-refractivity contribution is 6.01. The van der Waals surface area contributed by atoms with Gasteiger partial charge in [-0.1, -0.05) is 0 Å². The van der Waals surface area contributed by atoms with E-state index in [-0.39, 0.29) is 18.4 Å². The summed E-state index contributed by atoms with van der Waals surface area (Å²) in [6.45, 7) is 0.933. The molecule has 1 heterocycles. The molecule has 0 bridgehead atoms. The summed E-state index contributed by atoms with van der Waals surface area (Å²) < 4.78 is 10.3. The van der Waals surface area contributed by atoms with E-state index >= 15 is 0 Å². The third kappa shape index (κ3) is 2.61. The minimum absolute atomic E-state index is 0.0343. The molecule has 0 spiro atoms. The fourth-order valence-electron chi connectivity index (χ4n) is 2.06. The molecular formula is C13H17N3O4. The van der Waals surface area contributed by atoms with Crippen LogP contribution in [0.1, 0.15) is 10.4 Å². The van der Waals surface area contributed by atoms with Gasteiger partial charge in [0.2, 0.25) is 5.91 Å². The van der Waals surface area contributed by atoms with Crippen LogP contribution in [0.5, 0.6) is 11.5 Å². The number of amides is 2. The number of nitrogens with two attached hydrogens (primary N) is 1. The van der Waals surface area contributed by atoms with Crippen LogP contribution < -0.4 is 20.5 Å². The summed E-state index contributed by atoms with van der Waals surface area (Å²) in [4.78, 5) is 25.2. The lowest BCUT2D eigenvalue weighted by atomic mass is 10.1. The number of nitrogens with zero attached hydrogens (tertiary/aromatic N) is 1. The van der Waals surface area contributed by atoms with Crippen molar-refractivity contribution in [2.45, 2.75) is 0 Å². The molecule has 1 aliphatic heterocycles. The zero-order valence-corrected chi connectivity index (χ0v) is 11.4. The Hall–Kier alpha value is -2.44. The number of rotatable bonds is 3. The van der Waals surface area contributed by atoms with Gasteiger partial charge in [-0.15, -0.1) is 0 Å². The predicted octanol–water partition coefficient (Wildman–Crippen LogP) is -0.142. The van der Waals surface area contributed by atoms with Gasteiger partial charge in [-0.05, 0) is 6.07 Å². The lowest BCUT2D eigenvalue weighted by Gasteiger charge is -2.27. The Bertz CT molecular complexity index is 545. The van der Waals surface area contributed by atoms with Crippen molar-refractivity contribution in [1.82, 2.24) is 10.2 Å². The summed E-state index contributed by atoms with van der Waals surface area (Å²) >= 11 is 0. The molecule has 108 valence electrons. The van der Waals surface area contributed by atoms with E-state index in [4.69, 9.17) is 15.2 Å². The van der Waals surface area contributed by atoms with Crippen molar-refractivity contribution in [1.29, 1.82) is 0 Å². The number of anilines is 1. The Morgan fingerprint density at radius 1 is 1.30 bits per heavy atom. The summed E-state index contributed by atoms with van der Waals surface area (Å²) in [6.07, 6.45) is 0. The topological polar surface area (TPSA) is 93.9 Å². The minimum atomic E-state index is -0.293. The summed E-state index contributed by atoms with van der Waals surface area (Å²) in [5.41, 5.74) is 6.47. The van der Waals surface area contributed by atoms with Crippen LogP contribution in [0.15, 0.2) is 12.1 Å². The SMILES string of the molecule is COc1cc(N)c(C(=O)N2CCNC(=O)C2)cc1OC. The molecule has 0 unspecified atom stereocenters. The number of methoxy groups -OCH3 is 2. The predicted molar refractivity (Wildman–Crippen MR) is 72.9 cm³/mol. The number of hydrogen-bond acceptors (Lipinski definition) is 5. The summed E-state index contributed by atoms with van der Waals surface area (Å²) in [5, 5.41) is 2.66. The van der Waals surface area contributed by atoms with E-state index in [0.29, 0.717) is 35.8 Å². The van der Waals surface area contributed by atoms with Gasteiger partial charge in [0.15, 0.2) is 11.5 Å². The van der Waals surface area contributed by atoms with Crippen molar-refractivity contribution in [3.05, 3.63) is 17.7 Å². The molecule has 1 aromatic rings. The van der Waals surface area contributed by atoms with Crippen molar-refractivity contribution >= 4 is 17.5 Å². The van der Waals surface area contributed by atoms with Gasteiger partial charge in [0, 0.05) is 24.8 Å². The van der Waals surface area contributed by atoms with E-state index in [1.807, 2.05) is 0 Å². The van der Waals surface area contributed by atoms with Gasteiger partial charge in [0.1, 0.15) is 0 Å². The van der Waals surface area contributed by atoms with Crippen LogP contribution in [0.3, 0.4) is 0 Å².